The normalized spacial score (nSPS) is 11.4. The van der Waals surface area contributed by atoms with Crippen LogP contribution in [0.4, 0.5) is 10.1 Å². The van der Waals surface area contributed by atoms with Crippen molar-refractivity contribution in [2.45, 2.75) is 11.4 Å². The topological polar surface area (TPSA) is 66.5 Å². The van der Waals surface area contributed by atoms with Gasteiger partial charge in [0.05, 0.1) is 17.1 Å². The summed E-state index contributed by atoms with van der Waals surface area (Å²) in [6, 6.07) is 21.1. The highest BCUT2D eigenvalue weighted by Crippen LogP contribution is 2.21. The fourth-order valence-corrected chi connectivity index (χ4v) is 4.43. The molecule has 5 nitrogen and oxygen atoms in total. The van der Waals surface area contributed by atoms with Gasteiger partial charge in [-0.05, 0) is 35.9 Å². The zero-order valence-corrected chi connectivity index (χ0v) is 17.7. The van der Waals surface area contributed by atoms with Crippen LogP contribution in [0.1, 0.15) is 5.56 Å². The van der Waals surface area contributed by atoms with Crippen LogP contribution in [0.25, 0.3) is 0 Å². The number of amides is 1. The van der Waals surface area contributed by atoms with Gasteiger partial charge in [-0.1, -0.05) is 64.5 Å². The molecule has 0 bridgehead atoms. The van der Waals surface area contributed by atoms with Crippen molar-refractivity contribution in [2.24, 2.45) is 0 Å². The molecule has 0 fully saturated rings. The van der Waals surface area contributed by atoms with Gasteiger partial charge in [-0.3, -0.25) is 4.79 Å². The lowest BCUT2D eigenvalue weighted by Gasteiger charge is -2.22. The van der Waals surface area contributed by atoms with Crippen LogP contribution in [-0.2, 0) is 21.4 Å². The number of anilines is 1. The Hall–Kier alpha value is -2.55. The van der Waals surface area contributed by atoms with E-state index in [1.165, 1.54) is 24.3 Å². The van der Waals surface area contributed by atoms with E-state index < -0.39 is 28.3 Å². The fraction of sp³-hybridized carbons (Fsp3) is 0.0952. The number of carbonyl (C=O) groups is 1. The van der Waals surface area contributed by atoms with E-state index in [2.05, 4.69) is 21.2 Å². The lowest BCUT2D eigenvalue weighted by Crippen LogP contribution is -2.37. The van der Waals surface area contributed by atoms with Gasteiger partial charge < -0.3 is 5.32 Å². The maximum absolute atomic E-state index is 14.0. The SMILES string of the molecule is O=C(CN(Cc1ccccc1)S(=O)(=O)c1ccccc1)Nc1ccc(Br)cc1F. The molecule has 8 heteroatoms. The van der Waals surface area contributed by atoms with E-state index >= 15 is 0 Å². The first kappa shape index (κ1) is 21.2. The Morgan fingerprint density at radius 1 is 0.966 bits per heavy atom. The monoisotopic (exact) mass is 476 g/mol. The highest BCUT2D eigenvalue weighted by atomic mass is 79.9. The van der Waals surface area contributed by atoms with Gasteiger partial charge in [0.2, 0.25) is 15.9 Å². The van der Waals surface area contributed by atoms with Gasteiger partial charge in [0, 0.05) is 11.0 Å². The summed E-state index contributed by atoms with van der Waals surface area (Å²) in [5, 5.41) is 2.44. The minimum atomic E-state index is -3.93. The number of hydrogen-bond donors (Lipinski definition) is 1. The Balaban J connectivity index is 1.85. The molecule has 0 aliphatic heterocycles. The number of nitrogens with one attached hydrogen (secondary N) is 1. The molecule has 0 radical (unpaired) electrons. The molecule has 3 aromatic rings. The quantitative estimate of drug-likeness (QED) is 0.548. The van der Waals surface area contributed by atoms with Crippen LogP contribution in [0.3, 0.4) is 0 Å². The summed E-state index contributed by atoms with van der Waals surface area (Å²) < 4.78 is 41.8. The third-order valence-corrected chi connectivity index (χ3v) is 6.41. The Bertz CT molecular complexity index is 1090. The number of rotatable bonds is 7. The molecular formula is C21H18BrFN2O3S. The third-order valence-electron chi connectivity index (χ3n) is 4.11. The second-order valence-corrected chi connectivity index (χ2v) is 9.10. The van der Waals surface area contributed by atoms with Gasteiger partial charge in [0.15, 0.2) is 0 Å². The molecule has 0 heterocycles. The minimum absolute atomic E-state index is 0.00824. The average Bonchev–Trinajstić information content (AvgIpc) is 2.71. The van der Waals surface area contributed by atoms with Crippen molar-refractivity contribution in [1.82, 2.24) is 4.31 Å². The second kappa shape index (κ2) is 9.30. The molecule has 1 amide bonds. The lowest BCUT2D eigenvalue weighted by atomic mass is 10.2. The van der Waals surface area contributed by atoms with E-state index in [4.69, 9.17) is 0 Å². The van der Waals surface area contributed by atoms with Crippen molar-refractivity contribution in [3.63, 3.8) is 0 Å². The molecule has 0 atom stereocenters. The number of nitrogens with zero attached hydrogens (tertiary/aromatic N) is 1. The predicted octanol–water partition coefficient (Wildman–Crippen LogP) is 4.42. The van der Waals surface area contributed by atoms with Crippen molar-refractivity contribution < 1.29 is 17.6 Å². The highest BCUT2D eigenvalue weighted by molar-refractivity contribution is 9.10. The molecule has 150 valence electrons. The highest BCUT2D eigenvalue weighted by Gasteiger charge is 2.27. The van der Waals surface area contributed by atoms with E-state index in [-0.39, 0.29) is 17.1 Å². The van der Waals surface area contributed by atoms with E-state index in [9.17, 15) is 17.6 Å². The van der Waals surface area contributed by atoms with Crippen molar-refractivity contribution in [3.05, 3.63) is 94.7 Å². The molecule has 1 N–H and O–H groups in total. The van der Waals surface area contributed by atoms with Gasteiger partial charge >= 0.3 is 0 Å². The Labute approximate surface area is 177 Å². The van der Waals surface area contributed by atoms with Crippen molar-refractivity contribution in [3.8, 4) is 0 Å². The van der Waals surface area contributed by atoms with Gasteiger partial charge in [-0.25, -0.2) is 12.8 Å². The molecule has 0 aromatic heterocycles. The molecule has 0 spiro atoms. The first-order valence-corrected chi connectivity index (χ1v) is 10.9. The zero-order chi connectivity index (χ0) is 20.9. The lowest BCUT2D eigenvalue weighted by molar-refractivity contribution is -0.116. The molecule has 0 aliphatic rings. The van der Waals surface area contributed by atoms with Gasteiger partial charge in [-0.15, -0.1) is 0 Å². The first-order valence-electron chi connectivity index (χ1n) is 8.70. The van der Waals surface area contributed by atoms with Crippen molar-refractivity contribution in [1.29, 1.82) is 0 Å². The van der Waals surface area contributed by atoms with Crippen LogP contribution in [0.15, 0.2) is 88.2 Å². The molecule has 0 unspecified atom stereocenters. The van der Waals surface area contributed by atoms with E-state index in [1.54, 1.807) is 48.5 Å². The summed E-state index contributed by atoms with van der Waals surface area (Å²) in [5.41, 5.74) is 0.713. The standard InChI is InChI=1S/C21H18BrFN2O3S/c22-17-11-12-20(19(23)13-17)24-21(26)15-25(14-16-7-3-1-4-8-16)29(27,28)18-9-5-2-6-10-18/h1-13H,14-15H2,(H,24,26). The molecule has 3 rings (SSSR count). The second-order valence-electron chi connectivity index (χ2n) is 6.24. The zero-order valence-electron chi connectivity index (χ0n) is 15.3. The number of halogens is 2. The summed E-state index contributed by atoms with van der Waals surface area (Å²) in [6.07, 6.45) is 0. The van der Waals surface area contributed by atoms with Crippen LogP contribution in [0.5, 0.6) is 0 Å². The van der Waals surface area contributed by atoms with E-state index in [1.807, 2.05) is 6.07 Å². The average molecular weight is 477 g/mol. The number of benzene rings is 3. The van der Waals surface area contributed by atoms with Gasteiger partial charge in [-0.2, -0.15) is 4.31 Å². The third kappa shape index (κ3) is 5.50. The molecular weight excluding hydrogens is 459 g/mol. The molecule has 29 heavy (non-hydrogen) atoms. The number of carbonyl (C=O) groups excluding carboxylic acids is 1. The van der Waals surface area contributed by atoms with Gasteiger partial charge in [0.1, 0.15) is 5.82 Å². The van der Waals surface area contributed by atoms with Crippen LogP contribution < -0.4 is 5.32 Å². The molecule has 0 saturated heterocycles. The number of hydrogen-bond acceptors (Lipinski definition) is 3. The largest absolute Gasteiger partial charge is 0.322 e. The number of sulfonamides is 1. The Morgan fingerprint density at radius 3 is 2.21 bits per heavy atom. The fourth-order valence-electron chi connectivity index (χ4n) is 2.70. The van der Waals surface area contributed by atoms with Crippen molar-refractivity contribution >= 4 is 37.5 Å². The maximum atomic E-state index is 14.0. The van der Waals surface area contributed by atoms with Crippen molar-refractivity contribution in [2.75, 3.05) is 11.9 Å². The van der Waals surface area contributed by atoms with Crippen LogP contribution >= 0.6 is 15.9 Å². The smallest absolute Gasteiger partial charge is 0.243 e. The first-order chi connectivity index (χ1) is 13.9. The maximum Gasteiger partial charge on any atom is 0.243 e. The summed E-state index contributed by atoms with van der Waals surface area (Å²) in [6.45, 7) is -0.448. The Morgan fingerprint density at radius 2 is 1.59 bits per heavy atom. The van der Waals surface area contributed by atoms with Crippen LogP contribution in [0, 0.1) is 5.82 Å². The van der Waals surface area contributed by atoms with E-state index in [0.29, 0.717) is 4.47 Å². The molecule has 0 saturated carbocycles. The summed E-state index contributed by atoms with van der Waals surface area (Å²) >= 11 is 3.15. The van der Waals surface area contributed by atoms with E-state index in [0.717, 1.165) is 9.87 Å². The molecule has 3 aromatic carbocycles. The summed E-state index contributed by atoms with van der Waals surface area (Å²) in [5.74, 6) is -1.25. The molecule has 0 aliphatic carbocycles. The van der Waals surface area contributed by atoms with Crippen LogP contribution in [0.2, 0.25) is 0 Å². The predicted molar refractivity (Wildman–Crippen MR) is 113 cm³/mol. The summed E-state index contributed by atoms with van der Waals surface area (Å²) in [7, 11) is -3.93. The summed E-state index contributed by atoms with van der Waals surface area (Å²) in [4.78, 5) is 12.6. The van der Waals surface area contributed by atoms with Gasteiger partial charge in [0.25, 0.3) is 0 Å². The Kier molecular flexibility index (Phi) is 6.79. The minimum Gasteiger partial charge on any atom is -0.322 e. The van der Waals surface area contributed by atoms with Crippen LogP contribution in [-0.4, -0.2) is 25.2 Å².